The molecule has 1 N–H and O–H groups in total. The molecular formula is C24H26N2O4S. The molecule has 3 rings (SSSR count). The van der Waals surface area contributed by atoms with Gasteiger partial charge in [0.15, 0.2) is 0 Å². The summed E-state index contributed by atoms with van der Waals surface area (Å²) in [6.45, 7) is 5.93. The molecule has 0 unspecified atom stereocenters. The van der Waals surface area contributed by atoms with Crippen LogP contribution in [0.3, 0.4) is 0 Å². The van der Waals surface area contributed by atoms with Crippen molar-refractivity contribution in [2.75, 3.05) is 23.8 Å². The van der Waals surface area contributed by atoms with Crippen molar-refractivity contribution >= 4 is 27.3 Å². The van der Waals surface area contributed by atoms with Crippen LogP contribution in [-0.2, 0) is 10.0 Å². The first-order chi connectivity index (χ1) is 14.6. The fraction of sp³-hybridized carbons (Fsp3) is 0.208. The van der Waals surface area contributed by atoms with Crippen molar-refractivity contribution in [3.63, 3.8) is 0 Å². The number of rotatable bonds is 6. The van der Waals surface area contributed by atoms with Gasteiger partial charge in [-0.3, -0.25) is 9.10 Å². The van der Waals surface area contributed by atoms with Crippen LogP contribution in [-0.4, -0.2) is 28.5 Å². The van der Waals surface area contributed by atoms with Crippen LogP contribution in [0.2, 0.25) is 0 Å². The second kappa shape index (κ2) is 8.81. The second-order valence-electron chi connectivity index (χ2n) is 7.42. The largest absolute Gasteiger partial charge is 0.497 e. The average molecular weight is 439 g/mol. The fourth-order valence-corrected chi connectivity index (χ4v) is 4.63. The maximum absolute atomic E-state index is 12.9. The Labute approximate surface area is 183 Å². The van der Waals surface area contributed by atoms with Crippen LogP contribution >= 0.6 is 0 Å². The number of methoxy groups -OCH3 is 1. The molecule has 162 valence electrons. The molecule has 0 heterocycles. The number of ether oxygens (including phenoxy) is 1. The standard InChI is InChI=1S/C24H26N2O4S/c1-16-14-17(2)23(18(3)15-16)25-24(27)19-6-8-20(9-7-19)26(4)31(28,29)22-12-10-21(30-5)11-13-22/h6-15H,1-5H3,(H,25,27). The molecule has 0 atom stereocenters. The molecule has 6 nitrogen and oxygen atoms in total. The van der Waals surface area contributed by atoms with Gasteiger partial charge in [0.2, 0.25) is 0 Å². The van der Waals surface area contributed by atoms with Crippen molar-refractivity contribution in [3.05, 3.63) is 82.9 Å². The lowest BCUT2D eigenvalue weighted by atomic mass is 10.0. The molecule has 0 aliphatic rings. The molecule has 0 aliphatic carbocycles. The first-order valence-electron chi connectivity index (χ1n) is 9.75. The lowest BCUT2D eigenvalue weighted by Crippen LogP contribution is -2.26. The van der Waals surface area contributed by atoms with Crippen LogP contribution < -0.4 is 14.4 Å². The Bertz CT molecular complexity index is 1180. The van der Waals surface area contributed by atoms with Crippen molar-refractivity contribution in [1.29, 1.82) is 0 Å². The van der Waals surface area contributed by atoms with Gasteiger partial charge in [0.1, 0.15) is 5.75 Å². The highest BCUT2D eigenvalue weighted by Crippen LogP contribution is 2.25. The van der Waals surface area contributed by atoms with Gasteiger partial charge in [-0.15, -0.1) is 0 Å². The van der Waals surface area contributed by atoms with Crippen LogP contribution in [0.4, 0.5) is 11.4 Å². The molecule has 0 radical (unpaired) electrons. The predicted octanol–water partition coefficient (Wildman–Crippen LogP) is 4.70. The van der Waals surface area contributed by atoms with E-state index in [1.54, 1.807) is 36.4 Å². The summed E-state index contributed by atoms with van der Waals surface area (Å²) in [6.07, 6.45) is 0. The van der Waals surface area contributed by atoms with Crippen LogP contribution in [0.1, 0.15) is 27.0 Å². The molecule has 0 aromatic heterocycles. The molecule has 0 saturated carbocycles. The van der Waals surface area contributed by atoms with Gasteiger partial charge in [0.05, 0.1) is 17.7 Å². The van der Waals surface area contributed by atoms with E-state index in [2.05, 4.69) is 5.32 Å². The number of carbonyl (C=O) groups is 1. The van der Waals surface area contributed by atoms with E-state index in [4.69, 9.17) is 4.74 Å². The van der Waals surface area contributed by atoms with Gasteiger partial charge in [0, 0.05) is 18.3 Å². The Hall–Kier alpha value is -3.32. The molecule has 31 heavy (non-hydrogen) atoms. The van der Waals surface area contributed by atoms with E-state index in [0.717, 1.165) is 22.4 Å². The van der Waals surface area contributed by atoms with Gasteiger partial charge >= 0.3 is 0 Å². The number of nitrogens with zero attached hydrogens (tertiary/aromatic N) is 1. The van der Waals surface area contributed by atoms with Crippen molar-refractivity contribution in [1.82, 2.24) is 0 Å². The van der Waals surface area contributed by atoms with Crippen molar-refractivity contribution in [2.24, 2.45) is 0 Å². The first-order valence-corrected chi connectivity index (χ1v) is 11.2. The molecule has 0 saturated heterocycles. The molecule has 0 fully saturated rings. The molecule has 0 aliphatic heterocycles. The zero-order chi connectivity index (χ0) is 22.8. The van der Waals surface area contributed by atoms with Crippen LogP contribution in [0.5, 0.6) is 5.75 Å². The number of nitrogens with one attached hydrogen (secondary N) is 1. The maximum atomic E-state index is 12.9. The van der Waals surface area contributed by atoms with Gasteiger partial charge in [0.25, 0.3) is 15.9 Å². The number of carbonyl (C=O) groups excluding carboxylic acids is 1. The summed E-state index contributed by atoms with van der Waals surface area (Å²) >= 11 is 0. The number of hydrogen-bond donors (Lipinski definition) is 1. The van der Waals surface area contributed by atoms with E-state index < -0.39 is 10.0 Å². The summed E-state index contributed by atoms with van der Waals surface area (Å²) < 4.78 is 32.1. The average Bonchev–Trinajstić information content (AvgIpc) is 2.75. The van der Waals surface area contributed by atoms with E-state index >= 15 is 0 Å². The molecule has 3 aromatic carbocycles. The van der Waals surface area contributed by atoms with Crippen molar-refractivity contribution in [3.8, 4) is 5.75 Å². The monoisotopic (exact) mass is 438 g/mol. The van der Waals surface area contributed by atoms with E-state index in [9.17, 15) is 13.2 Å². The minimum Gasteiger partial charge on any atom is -0.497 e. The highest BCUT2D eigenvalue weighted by atomic mass is 32.2. The summed E-state index contributed by atoms with van der Waals surface area (Å²) in [7, 11) is -0.734. The lowest BCUT2D eigenvalue weighted by molar-refractivity contribution is 0.102. The molecule has 0 spiro atoms. The predicted molar refractivity (Wildman–Crippen MR) is 124 cm³/mol. The Morgan fingerprint density at radius 2 is 1.45 bits per heavy atom. The molecule has 7 heteroatoms. The third-order valence-electron chi connectivity index (χ3n) is 5.13. The summed E-state index contributed by atoms with van der Waals surface area (Å²) in [6, 6.07) is 16.7. The number of sulfonamides is 1. The van der Waals surface area contributed by atoms with Gasteiger partial charge in [-0.25, -0.2) is 8.42 Å². The van der Waals surface area contributed by atoms with Gasteiger partial charge in [-0.2, -0.15) is 0 Å². The number of hydrogen-bond acceptors (Lipinski definition) is 4. The molecule has 3 aromatic rings. The Morgan fingerprint density at radius 1 is 0.903 bits per heavy atom. The summed E-state index contributed by atoms with van der Waals surface area (Å²) in [5.74, 6) is 0.332. The van der Waals surface area contributed by atoms with Crippen LogP contribution in [0.25, 0.3) is 0 Å². The molecule has 1 amide bonds. The van der Waals surface area contributed by atoms with Crippen molar-refractivity contribution < 1.29 is 17.9 Å². The first kappa shape index (κ1) is 22.4. The Balaban J connectivity index is 1.79. The van der Waals surface area contributed by atoms with Crippen LogP contribution in [0.15, 0.2) is 65.6 Å². The number of amides is 1. The van der Waals surface area contributed by atoms with Crippen molar-refractivity contribution in [2.45, 2.75) is 25.7 Å². The topological polar surface area (TPSA) is 75.7 Å². The maximum Gasteiger partial charge on any atom is 0.264 e. The van der Waals surface area contributed by atoms with Gasteiger partial charge in [-0.05, 0) is 80.4 Å². The third kappa shape index (κ3) is 4.72. The summed E-state index contributed by atoms with van der Waals surface area (Å²) in [5, 5.41) is 2.95. The van der Waals surface area contributed by atoms with Gasteiger partial charge < -0.3 is 10.1 Å². The van der Waals surface area contributed by atoms with E-state index in [1.807, 2.05) is 32.9 Å². The zero-order valence-electron chi connectivity index (χ0n) is 18.3. The Morgan fingerprint density at radius 3 is 1.97 bits per heavy atom. The smallest absolute Gasteiger partial charge is 0.264 e. The minimum atomic E-state index is -3.74. The van der Waals surface area contributed by atoms with Crippen LogP contribution in [0, 0.1) is 20.8 Å². The quantitative estimate of drug-likeness (QED) is 0.605. The minimum absolute atomic E-state index is 0.156. The van der Waals surface area contributed by atoms with E-state index in [1.165, 1.54) is 30.6 Å². The molecule has 0 bridgehead atoms. The SMILES string of the molecule is COc1ccc(S(=O)(=O)N(C)c2ccc(C(=O)Nc3c(C)cc(C)cc3C)cc2)cc1. The number of aryl methyl sites for hydroxylation is 3. The number of benzene rings is 3. The molecular weight excluding hydrogens is 412 g/mol. The highest BCUT2D eigenvalue weighted by molar-refractivity contribution is 7.92. The second-order valence-corrected chi connectivity index (χ2v) is 9.39. The van der Waals surface area contributed by atoms with Gasteiger partial charge in [-0.1, -0.05) is 17.7 Å². The Kier molecular flexibility index (Phi) is 6.36. The summed E-state index contributed by atoms with van der Waals surface area (Å²) in [5.41, 5.74) is 4.81. The zero-order valence-corrected chi connectivity index (χ0v) is 19.1. The summed E-state index contributed by atoms with van der Waals surface area (Å²) in [4.78, 5) is 12.9. The third-order valence-corrected chi connectivity index (χ3v) is 6.93. The van der Waals surface area contributed by atoms with E-state index in [-0.39, 0.29) is 10.8 Å². The normalized spacial score (nSPS) is 11.1. The fourth-order valence-electron chi connectivity index (χ4n) is 3.43. The van der Waals surface area contributed by atoms with E-state index in [0.29, 0.717) is 17.0 Å². The lowest BCUT2D eigenvalue weighted by Gasteiger charge is -2.20. The number of anilines is 2. The highest BCUT2D eigenvalue weighted by Gasteiger charge is 2.21.